The van der Waals surface area contributed by atoms with Gasteiger partial charge in [0.15, 0.2) is 0 Å². The maximum absolute atomic E-state index is 13.2. The minimum absolute atomic E-state index is 0.427. The molecular formula is C15H11FN2O. The van der Waals surface area contributed by atoms with E-state index >= 15 is 0 Å². The molecule has 3 nitrogen and oxygen atoms in total. The topological polar surface area (TPSA) is 46.0 Å². The summed E-state index contributed by atoms with van der Waals surface area (Å²) in [6.07, 6.45) is 3.29. The van der Waals surface area contributed by atoms with Gasteiger partial charge < -0.3 is 5.11 Å². The number of rotatable bonds is 2. The SMILES string of the molecule is OC(c1cncc(F)c1)c1ccnc2ccccc12. The largest absolute Gasteiger partial charge is 0.384 e. The minimum Gasteiger partial charge on any atom is -0.384 e. The van der Waals surface area contributed by atoms with Crippen molar-refractivity contribution in [2.45, 2.75) is 6.10 Å². The van der Waals surface area contributed by atoms with E-state index in [2.05, 4.69) is 9.97 Å². The van der Waals surface area contributed by atoms with Gasteiger partial charge in [0.2, 0.25) is 0 Å². The Kier molecular flexibility index (Phi) is 2.93. The van der Waals surface area contributed by atoms with E-state index in [1.54, 1.807) is 12.3 Å². The van der Waals surface area contributed by atoms with Gasteiger partial charge in [-0.05, 0) is 23.8 Å². The molecule has 4 heteroatoms. The van der Waals surface area contributed by atoms with Gasteiger partial charge >= 0.3 is 0 Å². The highest BCUT2D eigenvalue weighted by Crippen LogP contribution is 2.27. The lowest BCUT2D eigenvalue weighted by Crippen LogP contribution is -2.02. The molecule has 3 aromatic rings. The number of fused-ring (bicyclic) bond motifs is 1. The smallest absolute Gasteiger partial charge is 0.141 e. The Morgan fingerprint density at radius 2 is 1.95 bits per heavy atom. The first kappa shape index (κ1) is 11.7. The summed E-state index contributed by atoms with van der Waals surface area (Å²) in [4.78, 5) is 7.99. The zero-order valence-electron chi connectivity index (χ0n) is 9.99. The van der Waals surface area contributed by atoms with Crippen LogP contribution < -0.4 is 0 Å². The third kappa shape index (κ3) is 2.18. The summed E-state index contributed by atoms with van der Waals surface area (Å²) < 4.78 is 13.2. The van der Waals surface area contributed by atoms with Crippen molar-refractivity contribution in [1.82, 2.24) is 9.97 Å². The van der Waals surface area contributed by atoms with Gasteiger partial charge in [0.05, 0.1) is 11.7 Å². The summed E-state index contributed by atoms with van der Waals surface area (Å²) >= 11 is 0. The average molecular weight is 254 g/mol. The zero-order chi connectivity index (χ0) is 13.2. The van der Waals surface area contributed by atoms with Crippen LogP contribution in [0.1, 0.15) is 17.2 Å². The van der Waals surface area contributed by atoms with E-state index in [9.17, 15) is 9.50 Å². The Bertz CT molecular complexity index is 725. The minimum atomic E-state index is -0.920. The second-order valence-electron chi connectivity index (χ2n) is 4.26. The van der Waals surface area contributed by atoms with Gasteiger partial charge in [0.25, 0.3) is 0 Å². The summed E-state index contributed by atoms with van der Waals surface area (Å²) in [5.74, 6) is -0.463. The molecule has 1 atom stereocenters. The van der Waals surface area contributed by atoms with Crippen LogP contribution in [0.4, 0.5) is 4.39 Å². The molecule has 1 unspecified atom stereocenters. The quantitative estimate of drug-likeness (QED) is 0.764. The number of pyridine rings is 2. The lowest BCUT2D eigenvalue weighted by atomic mass is 9.99. The maximum Gasteiger partial charge on any atom is 0.141 e. The van der Waals surface area contributed by atoms with E-state index in [-0.39, 0.29) is 0 Å². The van der Waals surface area contributed by atoms with Crippen LogP contribution in [0.15, 0.2) is 55.0 Å². The van der Waals surface area contributed by atoms with Crippen molar-refractivity contribution in [3.8, 4) is 0 Å². The third-order valence-electron chi connectivity index (χ3n) is 3.02. The van der Waals surface area contributed by atoms with Crippen molar-refractivity contribution < 1.29 is 9.50 Å². The molecule has 0 saturated heterocycles. The number of hydrogen-bond donors (Lipinski definition) is 1. The molecule has 0 bridgehead atoms. The standard InChI is InChI=1S/C15H11FN2O/c16-11-7-10(8-17-9-11)15(19)13-5-6-18-14-4-2-1-3-12(13)14/h1-9,15,19H. The first-order chi connectivity index (χ1) is 9.25. The van der Waals surface area contributed by atoms with Gasteiger partial charge in [-0.3, -0.25) is 9.97 Å². The van der Waals surface area contributed by atoms with Gasteiger partial charge in [-0.2, -0.15) is 0 Å². The lowest BCUT2D eigenvalue weighted by molar-refractivity contribution is 0.221. The van der Waals surface area contributed by atoms with E-state index < -0.39 is 11.9 Å². The Labute approximate surface area is 109 Å². The summed E-state index contributed by atoms with van der Waals surface area (Å²) in [7, 11) is 0. The molecule has 2 heterocycles. The predicted octanol–water partition coefficient (Wildman–Crippen LogP) is 2.85. The molecule has 19 heavy (non-hydrogen) atoms. The van der Waals surface area contributed by atoms with Crippen LogP contribution in [-0.4, -0.2) is 15.1 Å². The number of aromatic nitrogens is 2. The Balaban J connectivity index is 2.14. The molecule has 0 radical (unpaired) electrons. The van der Waals surface area contributed by atoms with Crippen LogP contribution in [0, 0.1) is 5.82 Å². The summed E-state index contributed by atoms with van der Waals surface area (Å²) in [6.45, 7) is 0. The normalized spacial score (nSPS) is 12.5. The maximum atomic E-state index is 13.2. The number of para-hydroxylation sites is 1. The Morgan fingerprint density at radius 1 is 1.11 bits per heavy atom. The fraction of sp³-hybridized carbons (Fsp3) is 0.0667. The number of nitrogens with zero attached hydrogens (tertiary/aromatic N) is 2. The van der Waals surface area contributed by atoms with Gasteiger partial charge in [-0.1, -0.05) is 18.2 Å². The van der Waals surface area contributed by atoms with E-state index in [1.165, 1.54) is 12.3 Å². The highest BCUT2D eigenvalue weighted by Gasteiger charge is 2.14. The Hall–Kier alpha value is -2.33. The molecule has 0 spiro atoms. The number of hydrogen-bond acceptors (Lipinski definition) is 3. The molecule has 2 aromatic heterocycles. The third-order valence-corrected chi connectivity index (χ3v) is 3.02. The molecule has 0 aliphatic rings. The van der Waals surface area contributed by atoms with Gasteiger partial charge in [-0.25, -0.2) is 4.39 Å². The molecule has 0 aliphatic carbocycles. The second kappa shape index (κ2) is 4.74. The summed E-state index contributed by atoms with van der Waals surface area (Å²) in [6, 6.07) is 10.5. The van der Waals surface area contributed by atoms with Crippen molar-refractivity contribution in [3.05, 3.63) is 71.9 Å². The fourth-order valence-corrected chi connectivity index (χ4v) is 2.11. The first-order valence-electron chi connectivity index (χ1n) is 5.88. The van der Waals surface area contributed by atoms with E-state index in [0.717, 1.165) is 17.1 Å². The summed E-state index contributed by atoms with van der Waals surface area (Å²) in [5.41, 5.74) is 1.91. The molecule has 94 valence electrons. The molecule has 3 rings (SSSR count). The van der Waals surface area contributed by atoms with Gasteiger partial charge in [-0.15, -0.1) is 0 Å². The van der Waals surface area contributed by atoms with E-state index in [4.69, 9.17) is 0 Å². The van der Waals surface area contributed by atoms with Crippen LogP contribution in [-0.2, 0) is 0 Å². The number of aliphatic hydroxyl groups is 1. The molecule has 0 saturated carbocycles. The van der Waals surface area contributed by atoms with Crippen LogP contribution in [0.2, 0.25) is 0 Å². The predicted molar refractivity (Wildman–Crippen MR) is 70.0 cm³/mol. The summed E-state index contributed by atoms with van der Waals surface area (Å²) in [5, 5.41) is 11.2. The van der Waals surface area contributed by atoms with Crippen LogP contribution >= 0.6 is 0 Å². The van der Waals surface area contributed by atoms with E-state index in [0.29, 0.717) is 11.1 Å². The van der Waals surface area contributed by atoms with Crippen molar-refractivity contribution in [2.75, 3.05) is 0 Å². The van der Waals surface area contributed by atoms with Crippen molar-refractivity contribution >= 4 is 10.9 Å². The molecule has 0 amide bonds. The molecule has 0 fully saturated rings. The van der Waals surface area contributed by atoms with E-state index in [1.807, 2.05) is 24.3 Å². The first-order valence-corrected chi connectivity index (χ1v) is 5.88. The van der Waals surface area contributed by atoms with Crippen LogP contribution in [0.5, 0.6) is 0 Å². The van der Waals surface area contributed by atoms with Gasteiger partial charge in [0.1, 0.15) is 11.9 Å². The lowest BCUT2D eigenvalue weighted by Gasteiger charge is -2.13. The second-order valence-corrected chi connectivity index (χ2v) is 4.26. The molecule has 1 N–H and O–H groups in total. The molecular weight excluding hydrogens is 243 g/mol. The van der Waals surface area contributed by atoms with Gasteiger partial charge in [0, 0.05) is 23.3 Å². The van der Waals surface area contributed by atoms with Crippen molar-refractivity contribution in [3.63, 3.8) is 0 Å². The number of benzene rings is 1. The highest BCUT2D eigenvalue weighted by atomic mass is 19.1. The fourth-order valence-electron chi connectivity index (χ4n) is 2.11. The average Bonchev–Trinajstić information content (AvgIpc) is 2.46. The molecule has 1 aromatic carbocycles. The number of halogens is 1. The van der Waals surface area contributed by atoms with Crippen molar-refractivity contribution in [1.29, 1.82) is 0 Å². The van der Waals surface area contributed by atoms with Crippen LogP contribution in [0.3, 0.4) is 0 Å². The highest BCUT2D eigenvalue weighted by molar-refractivity contribution is 5.82. The Morgan fingerprint density at radius 3 is 2.79 bits per heavy atom. The zero-order valence-corrected chi connectivity index (χ0v) is 9.99. The van der Waals surface area contributed by atoms with Crippen LogP contribution in [0.25, 0.3) is 10.9 Å². The number of aliphatic hydroxyl groups excluding tert-OH is 1. The monoisotopic (exact) mass is 254 g/mol. The van der Waals surface area contributed by atoms with Crippen molar-refractivity contribution in [2.24, 2.45) is 0 Å². The molecule has 0 aliphatic heterocycles.